The van der Waals surface area contributed by atoms with Gasteiger partial charge in [-0.1, -0.05) is 40.7 Å². The second-order valence-electron chi connectivity index (χ2n) is 13.8. The Labute approximate surface area is 265 Å². The lowest BCUT2D eigenvalue weighted by Gasteiger charge is -2.36. The topological polar surface area (TPSA) is 55.8 Å². The molecule has 2 aromatic rings. The van der Waals surface area contributed by atoms with Crippen molar-refractivity contribution in [1.82, 2.24) is 4.90 Å². The average molecular weight is 654 g/mol. The van der Waals surface area contributed by atoms with E-state index in [0.717, 1.165) is 28.7 Å². The van der Waals surface area contributed by atoms with Gasteiger partial charge in [0.15, 0.2) is 0 Å². The first kappa shape index (κ1) is 35.4. The Kier molecular flexibility index (Phi) is 9.68. The summed E-state index contributed by atoms with van der Waals surface area (Å²) in [6, 6.07) is 6.22. The molecule has 1 amide bonds. The zero-order valence-electron chi connectivity index (χ0n) is 27.2. The fraction of sp³-hybridized carbons (Fsp3) is 0.543. The summed E-state index contributed by atoms with van der Waals surface area (Å²) in [7, 11) is 1.56. The highest BCUT2D eigenvalue weighted by molar-refractivity contribution is 5.84. The number of amides is 1. The van der Waals surface area contributed by atoms with Crippen LogP contribution in [0.3, 0.4) is 0 Å². The van der Waals surface area contributed by atoms with E-state index in [4.69, 9.17) is 9.47 Å². The summed E-state index contributed by atoms with van der Waals surface area (Å²) in [4.78, 5) is 27.2. The quantitative estimate of drug-likeness (QED) is 0.253. The van der Waals surface area contributed by atoms with Crippen molar-refractivity contribution in [2.24, 2.45) is 10.8 Å². The van der Waals surface area contributed by atoms with Crippen LogP contribution in [-0.4, -0.2) is 36.5 Å². The van der Waals surface area contributed by atoms with E-state index in [1.807, 2.05) is 39.0 Å². The van der Waals surface area contributed by atoms with Crippen molar-refractivity contribution in [2.75, 3.05) is 13.7 Å². The highest BCUT2D eigenvalue weighted by Crippen LogP contribution is 2.47. The number of carbonyl (C=O) groups excluding carboxylic acids is 2. The Hall–Kier alpha value is -3.50. The normalized spacial score (nSPS) is 20.6. The molecule has 2 unspecified atom stereocenters. The van der Waals surface area contributed by atoms with Crippen molar-refractivity contribution < 1.29 is 45.4 Å². The molecule has 1 fully saturated rings. The van der Waals surface area contributed by atoms with Crippen LogP contribution in [0, 0.1) is 10.8 Å². The van der Waals surface area contributed by atoms with Gasteiger partial charge in [0.05, 0.1) is 24.3 Å². The maximum absolute atomic E-state index is 13.6. The van der Waals surface area contributed by atoms with Crippen LogP contribution in [0.15, 0.2) is 42.0 Å². The Morgan fingerprint density at radius 1 is 1.02 bits per heavy atom. The van der Waals surface area contributed by atoms with Crippen molar-refractivity contribution in [3.05, 3.63) is 69.8 Å². The van der Waals surface area contributed by atoms with Crippen molar-refractivity contribution >= 4 is 17.4 Å². The van der Waals surface area contributed by atoms with Crippen molar-refractivity contribution in [3.8, 4) is 5.75 Å². The number of hydrogen-bond acceptors (Lipinski definition) is 4. The fourth-order valence-corrected chi connectivity index (χ4v) is 6.59. The first-order chi connectivity index (χ1) is 21.2. The van der Waals surface area contributed by atoms with E-state index in [1.165, 1.54) is 4.90 Å². The Bertz CT molecular complexity index is 1490. The van der Waals surface area contributed by atoms with Crippen LogP contribution in [0.5, 0.6) is 5.75 Å². The van der Waals surface area contributed by atoms with Crippen molar-refractivity contribution in [3.63, 3.8) is 0 Å². The number of ether oxygens (including phenoxy) is 2. The molecule has 2 aliphatic rings. The lowest BCUT2D eigenvalue weighted by Crippen LogP contribution is -2.35. The zero-order valence-corrected chi connectivity index (χ0v) is 27.2. The van der Waals surface area contributed by atoms with E-state index < -0.39 is 47.1 Å². The smallest absolute Gasteiger partial charge is 0.416 e. The molecule has 5 nitrogen and oxygen atoms in total. The minimum Gasteiger partial charge on any atom is -0.496 e. The molecule has 1 aliphatic carbocycles. The molecule has 0 saturated carbocycles. The number of cyclic esters (lactones) is 1. The summed E-state index contributed by atoms with van der Waals surface area (Å²) in [6.45, 7) is 11.5. The lowest BCUT2D eigenvalue weighted by molar-refractivity contribution is -0.143. The Morgan fingerprint density at radius 2 is 1.63 bits per heavy atom. The lowest BCUT2D eigenvalue weighted by atomic mass is 9.72. The second-order valence-corrected chi connectivity index (χ2v) is 13.8. The van der Waals surface area contributed by atoms with Gasteiger partial charge in [-0.25, -0.2) is 4.79 Å². The molecule has 0 aromatic heterocycles. The molecule has 4 rings (SSSR count). The van der Waals surface area contributed by atoms with Crippen molar-refractivity contribution in [1.29, 1.82) is 0 Å². The first-order valence-corrected chi connectivity index (χ1v) is 15.3. The number of alkyl halides is 6. The molecule has 0 radical (unpaired) electrons. The fourth-order valence-electron chi connectivity index (χ4n) is 6.59. The van der Waals surface area contributed by atoms with Gasteiger partial charge in [-0.05, 0) is 90.6 Å². The monoisotopic (exact) mass is 653 g/mol. The maximum atomic E-state index is 13.6. The van der Waals surface area contributed by atoms with Gasteiger partial charge in [-0.3, -0.25) is 9.69 Å². The van der Waals surface area contributed by atoms with E-state index in [1.54, 1.807) is 14.0 Å². The minimum absolute atomic E-state index is 0.0602. The van der Waals surface area contributed by atoms with E-state index in [2.05, 4.69) is 13.8 Å². The molecule has 2 aromatic carbocycles. The zero-order chi connectivity index (χ0) is 34.4. The number of Topliss-reactive ketones (excluding diaryl/α,β-unsaturated/α-hetero) is 1. The van der Waals surface area contributed by atoms with Gasteiger partial charge in [0.2, 0.25) is 0 Å². The van der Waals surface area contributed by atoms with Gasteiger partial charge in [0.25, 0.3) is 0 Å². The average Bonchev–Trinajstić information content (AvgIpc) is 3.23. The summed E-state index contributed by atoms with van der Waals surface area (Å²) in [5.74, 6) is 0.762. The second kappa shape index (κ2) is 12.6. The van der Waals surface area contributed by atoms with Crippen molar-refractivity contribution in [2.45, 2.75) is 98.1 Å². The summed E-state index contributed by atoms with van der Waals surface area (Å²) < 4.78 is 92.7. The van der Waals surface area contributed by atoms with Crippen LogP contribution in [0.4, 0.5) is 31.1 Å². The molecule has 1 aliphatic heterocycles. The van der Waals surface area contributed by atoms with Gasteiger partial charge < -0.3 is 9.47 Å². The minimum atomic E-state index is -5.03. The molecular formula is C35H41F6NO4. The maximum Gasteiger partial charge on any atom is 0.416 e. The third-order valence-corrected chi connectivity index (χ3v) is 9.17. The number of rotatable bonds is 9. The predicted molar refractivity (Wildman–Crippen MR) is 162 cm³/mol. The van der Waals surface area contributed by atoms with Crippen LogP contribution in [-0.2, 0) is 28.3 Å². The summed E-state index contributed by atoms with van der Waals surface area (Å²) >= 11 is 0. The van der Waals surface area contributed by atoms with Gasteiger partial charge in [0, 0.05) is 23.9 Å². The van der Waals surface area contributed by atoms with Crippen LogP contribution in [0.2, 0.25) is 0 Å². The number of benzene rings is 2. The molecule has 0 spiro atoms. The van der Waals surface area contributed by atoms with Crippen LogP contribution < -0.4 is 4.74 Å². The summed E-state index contributed by atoms with van der Waals surface area (Å²) in [5, 5.41) is 0. The molecule has 0 bridgehead atoms. The predicted octanol–water partition coefficient (Wildman–Crippen LogP) is 9.83. The number of carbonyl (C=O) groups is 2. The highest BCUT2D eigenvalue weighted by Gasteiger charge is 2.44. The molecular weight excluding hydrogens is 612 g/mol. The number of hydrogen-bond donors (Lipinski definition) is 0. The largest absolute Gasteiger partial charge is 0.496 e. The van der Waals surface area contributed by atoms with Crippen LogP contribution in [0.1, 0.15) is 101 Å². The van der Waals surface area contributed by atoms with E-state index in [-0.39, 0.29) is 29.4 Å². The molecule has 1 saturated heterocycles. The van der Waals surface area contributed by atoms with Gasteiger partial charge >= 0.3 is 18.4 Å². The first-order valence-electron chi connectivity index (χ1n) is 15.3. The van der Waals surface area contributed by atoms with E-state index in [0.29, 0.717) is 43.6 Å². The Balaban J connectivity index is 1.74. The number of halogens is 6. The number of ketones is 1. The number of methoxy groups -OCH3 is 1. The number of allylic oxidation sites excluding steroid dienone is 1. The van der Waals surface area contributed by atoms with Crippen LogP contribution >= 0.6 is 0 Å². The molecule has 1 heterocycles. The third kappa shape index (κ3) is 7.55. The van der Waals surface area contributed by atoms with E-state index in [9.17, 15) is 35.9 Å². The van der Waals surface area contributed by atoms with Gasteiger partial charge in [-0.15, -0.1) is 0 Å². The number of nitrogens with zero attached hydrogens (tertiary/aromatic N) is 1. The Morgan fingerprint density at radius 3 is 2.17 bits per heavy atom. The SMILES string of the molecule is CCC(=O)C(C)(C)Cc1ccc(OC)c(C2=C(CN3C(=O)OC(c4cc(C(F)(F)F)cc(C(F)(F)F)c4)C3C)CC(C)(C)CC2)c1. The van der Waals surface area contributed by atoms with E-state index >= 15 is 0 Å². The van der Waals surface area contributed by atoms with Gasteiger partial charge in [-0.2, -0.15) is 26.3 Å². The molecule has 252 valence electrons. The third-order valence-electron chi connectivity index (χ3n) is 9.17. The standard InChI is InChI=1S/C35H41F6NO4/c1-8-29(43)33(5,6)17-21-9-10-28(45-7)27(13-21)26-11-12-32(3,4)18-23(26)19-42-20(2)30(46-31(42)44)22-14-24(34(36,37)38)16-25(15-22)35(39,40)41/h9-10,13-16,20,30H,8,11-12,17-19H2,1-7H3. The van der Waals surface area contributed by atoms with Crippen LogP contribution in [0.25, 0.3) is 5.57 Å². The molecule has 11 heteroatoms. The molecule has 0 N–H and O–H groups in total. The highest BCUT2D eigenvalue weighted by atomic mass is 19.4. The molecule has 46 heavy (non-hydrogen) atoms. The summed E-state index contributed by atoms with van der Waals surface area (Å²) in [6.07, 6.45) is -9.19. The summed E-state index contributed by atoms with van der Waals surface area (Å²) in [5.41, 5.74) is -0.378. The molecule has 2 atom stereocenters. The van der Waals surface area contributed by atoms with Gasteiger partial charge in [0.1, 0.15) is 17.6 Å².